The van der Waals surface area contributed by atoms with Gasteiger partial charge in [0.05, 0.1) is 5.02 Å². The first-order valence-electron chi connectivity index (χ1n) is 7.45. The molecule has 1 saturated heterocycles. The molecule has 6 heteroatoms. The van der Waals surface area contributed by atoms with E-state index in [0.717, 1.165) is 24.9 Å². The molecule has 0 amide bonds. The summed E-state index contributed by atoms with van der Waals surface area (Å²) in [5.41, 5.74) is 0.955. The Bertz CT molecular complexity index is 583. The summed E-state index contributed by atoms with van der Waals surface area (Å²) in [4.78, 5) is 0.201. The zero-order valence-electron chi connectivity index (χ0n) is 12.6. The van der Waals surface area contributed by atoms with Crippen molar-refractivity contribution < 1.29 is 8.42 Å². The monoisotopic (exact) mass is 330 g/mol. The van der Waals surface area contributed by atoms with Gasteiger partial charge >= 0.3 is 0 Å². The number of nitrogens with zero attached hydrogens (tertiary/aromatic N) is 1. The molecule has 0 saturated carbocycles. The Balaban J connectivity index is 2.22. The van der Waals surface area contributed by atoms with Crippen LogP contribution in [0.5, 0.6) is 0 Å². The van der Waals surface area contributed by atoms with Crippen LogP contribution in [-0.2, 0) is 10.0 Å². The maximum absolute atomic E-state index is 12.8. The second kappa shape index (κ2) is 7.09. The van der Waals surface area contributed by atoms with Crippen LogP contribution >= 0.6 is 11.6 Å². The fraction of sp³-hybridized carbons (Fsp3) is 0.600. The number of hydrogen-bond acceptors (Lipinski definition) is 3. The lowest BCUT2D eigenvalue weighted by atomic mass is 10.1. The van der Waals surface area contributed by atoms with Crippen LogP contribution in [0, 0.1) is 6.92 Å². The fourth-order valence-corrected chi connectivity index (χ4v) is 4.74. The topological polar surface area (TPSA) is 49.4 Å². The first-order chi connectivity index (χ1) is 9.95. The SMILES string of the molecule is CCN(CC1CCCCN1)S(=O)(=O)c1ccc(C)cc1Cl. The van der Waals surface area contributed by atoms with Gasteiger partial charge in [0, 0.05) is 19.1 Å². The summed E-state index contributed by atoms with van der Waals surface area (Å²) >= 11 is 6.14. The van der Waals surface area contributed by atoms with Crippen molar-refractivity contribution in [3.63, 3.8) is 0 Å². The Morgan fingerprint density at radius 2 is 2.14 bits per heavy atom. The Hall–Kier alpha value is -0.620. The number of rotatable bonds is 5. The molecule has 0 bridgehead atoms. The number of halogens is 1. The zero-order chi connectivity index (χ0) is 15.5. The normalized spacial score (nSPS) is 19.9. The standard InChI is InChI=1S/C15H23ClN2O2S/c1-3-18(11-13-6-4-5-9-17-13)21(19,20)15-8-7-12(2)10-14(15)16/h7-8,10,13,17H,3-6,9,11H2,1-2H3. The molecule has 1 heterocycles. The predicted molar refractivity (Wildman–Crippen MR) is 86.3 cm³/mol. The van der Waals surface area contributed by atoms with Gasteiger partial charge in [-0.25, -0.2) is 8.42 Å². The van der Waals surface area contributed by atoms with Crippen molar-refractivity contribution in [3.8, 4) is 0 Å². The van der Waals surface area contributed by atoms with E-state index in [0.29, 0.717) is 18.1 Å². The second-order valence-electron chi connectivity index (χ2n) is 5.54. The molecule has 0 aromatic heterocycles. The van der Waals surface area contributed by atoms with Gasteiger partial charge in [-0.3, -0.25) is 0 Å². The molecule has 1 unspecified atom stereocenters. The minimum atomic E-state index is -3.54. The van der Waals surface area contributed by atoms with Crippen LogP contribution in [0.1, 0.15) is 31.7 Å². The smallest absolute Gasteiger partial charge is 0.244 e. The van der Waals surface area contributed by atoms with Gasteiger partial charge in [-0.1, -0.05) is 31.0 Å². The summed E-state index contributed by atoms with van der Waals surface area (Å²) in [5.74, 6) is 0. The molecule has 1 aromatic rings. The Morgan fingerprint density at radius 1 is 1.38 bits per heavy atom. The van der Waals surface area contributed by atoms with E-state index < -0.39 is 10.0 Å². The second-order valence-corrected chi connectivity index (χ2v) is 7.85. The quantitative estimate of drug-likeness (QED) is 0.903. The van der Waals surface area contributed by atoms with E-state index in [2.05, 4.69) is 5.32 Å². The Morgan fingerprint density at radius 3 is 2.71 bits per heavy atom. The molecule has 21 heavy (non-hydrogen) atoms. The van der Waals surface area contributed by atoms with Gasteiger partial charge in [0.1, 0.15) is 4.90 Å². The third kappa shape index (κ3) is 3.97. The molecule has 1 aromatic carbocycles. The number of aryl methyl sites for hydroxylation is 1. The first-order valence-corrected chi connectivity index (χ1v) is 9.26. The molecule has 0 aliphatic carbocycles. The summed E-state index contributed by atoms with van der Waals surface area (Å²) < 4.78 is 27.1. The minimum Gasteiger partial charge on any atom is -0.313 e. The maximum atomic E-state index is 12.8. The van der Waals surface area contributed by atoms with Crippen molar-refractivity contribution in [2.45, 2.75) is 44.0 Å². The van der Waals surface area contributed by atoms with Crippen LogP contribution in [0.15, 0.2) is 23.1 Å². The molecule has 1 N–H and O–H groups in total. The average molecular weight is 331 g/mol. The molecule has 2 rings (SSSR count). The van der Waals surface area contributed by atoms with Crippen molar-refractivity contribution in [1.29, 1.82) is 0 Å². The lowest BCUT2D eigenvalue weighted by molar-refractivity contribution is 0.319. The molecule has 118 valence electrons. The molecule has 0 radical (unpaired) electrons. The van der Waals surface area contributed by atoms with Crippen LogP contribution in [0.4, 0.5) is 0 Å². The van der Waals surface area contributed by atoms with Gasteiger partial charge in [-0.05, 0) is 44.0 Å². The number of piperidine rings is 1. The van der Waals surface area contributed by atoms with E-state index >= 15 is 0 Å². The summed E-state index contributed by atoms with van der Waals surface area (Å²) in [6, 6.07) is 5.31. The number of hydrogen-bond donors (Lipinski definition) is 1. The van der Waals surface area contributed by atoms with E-state index in [1.54, 1.807) is 18.2 Å². The van der Waals surface area contributed by atoms with E-state index in [9.17, 15) is 8.42 Å². The lowest BCUT2D eigenvalue weighted by Gasteiger charge is -2.29. The number of sulfonamides is 1. The Kier molecular flexibility index (Phi) is 5.66. The van der Waals surface area contributed by atoms with Crippen LogP contribution in [0.2, 0.25) is 5.02 Å². The van der Waals surface area contributed by atoms with Crippen molar-refractivity contribution >= 4 is 21.6 Å². The van der Waals surface area contributed by atoms with Crippen LogP contribution in [0.25, 0.3) is 0 Å². The highest BCUT2D eigenvalue weighted by Gasteiger charge is 2.28. The van der Waals surface area contributed by atoms with Crippen molar-refractivity contribution in [1.82, 2.24) is 9.62 Å². The van der Waals surface area contributed by atoms with E-state index in [-0.39, 0.29) is 10.9 Å². The van der Waals surface area contributed by atoms with E-state index in [1.807, 2.05) is 13.8 Å². The number of nitrogens with one attached hydrogen (secondary N) is 1. The molecule has 4 nitrogen and oxygen atoms in total. The van der Waals surface area contributed by atoms with Crippen LogP contribution in [-0.4, -0.2) is 38.4 Å². The molecule has 0 spiro atoms. The number of benzene rings is 1. The highest BCUT2D eigenvalue weighted by Crippen LogP contribution is 2.26. The molecule has 1 aliphatic heterocycles. The third-order valence-electron chi connectivity index (χ3n) is 3.89. The van der Waals surface area contributed by atoms with Crippen molar-refractivity contribution in [2.75, 3.05) is 19.6 Å². The highest BCUT2D eigenvalue weighted by molar-refractivity contribution is 7.89. The summed E-state index contributed by atoms with van der Waals surface area (Å²) in [5, 5.41) is 3.69. The van der Waals surface area contributed by atoms with Crippen LogP contribution < -0.4 is 5.32 Å². The summed E-state index contributed by atoms with van der Waals surface area (Å²) in [6.45, 7) is 5.68. The average Bonchev–Trinajstić information content (AvgIpc) is 2.45. The van der Waals surface area contributed by atoms with E-state index in [4.69, 9.17) is 11.6 Å². The Labute approximate surface area is 132 Å². The van der Waals surface area contributed by atoms with Crippen molar-refractivity contribution in [2.24, 2.45) is 0 Å². The molecule has 1 aliphatic rings. The maximum Gasteiger partial charge on any atom is 0.244 e. The lowest BCUT2D eigenvalue weighted by Crippen LogP contribution is -2.45. The molecular weight excluding hydrogens is 308 g/mol. The van der Waals surface area contributed by atoms with Gasteiger partial charge in [-0.2, -0.15) is 4.31 Å². The first kappa shape index (κ1) is 16.7. The van der Waals surface area contributed by atoms with Gasteiger partial charge in [0.25, 0.3) is 0 Å². The number of likely N-dealkylation sites (N-methyl/N-ethyl adjacent to an activating group) is 1. The fourth-order valence-electron chi connectivity index (χ4n) is 2.68. The predicted octanol–water partition coefficient (Wildman–Crippen LogP) is 2.80. The highest BCUT2D eigenvalue weighted by atomic mass is 35.5. The molecule has 1 atom stereocenters. The van der Waals surface area contributed by atoms with Gasteiger partial charge in [0.15, 0.2) is 0 Å². The van der Waals surface area contributed by atoms with Gasteiger partial charge in [0.2, 0.25) is 10.0 Å². The van der Waals surface area contributed by atoms with Crippen LogP contribution in [0.3, 0.4) is 0 Å². The zero-order valence-corrected chi connectivity index (χ0v) is 14.2. The molecular formula is C15H23ClN2O2S. The minimum absolute atomic E-state index is 0.201. The summed E-state index contributed by atoms with van der Waals surface area (Å²) in [7, 11) is -3.54. The largest absolute Gasteiger partial charge is 0.313 e. The van der Waals surface area contributed by atoms with Gasteiger partial charge < -0.3 is 5.32 Å². The molecule has 1 fully saturated rings. The van der Waals surface area contributed by atoms with Crippen molar-refractivity contribution in [3.05, 3.63) is 28.8 Å². The van der Waals surface area contributed by atoms with E-state index in [1.165, 1.54) is 10.7 Å². The third-order valence-corrected chi connectivity index (χ3v) is 6.32. The van der Waals surface area contributed by atoms with Gasteiger partial charge in [-0.15, -0.1) is 0 Å². The summed E-state index contributed by atoms with van der Waals surface area (Å²) in [6.07, 6.45) is 3.34.